The van der Waals surface area contributed by atoms with Crippen molar-refractivity contribution >= 4 is 0 Å². The molecule has 0 unspecified atom stereocenters. The van der Waals surface area contributed by atoms with Gasteiger partial charge in [0.25, 0.3) is 0 Å². The Bertz CT molecular complexity index is 395. The van der Waals surface area contributed by atoms with E-state index in [1.807, 2.05) is 37.3 Å². The highest BCUT2D eigenvalue weighted by Crippen LogP contribution is 2.34. The first kappa shape index (κ1) is 15.4. The fourth-order valence-corrected chi connectivity index (χ4v) is 2.58. The molecule has 112 valence electrons. The summed E-state index contributed by atoms with van der Waals surface area (Å²) < 4.78 is 11.4. The lowest BCUT2D eigenvalue weighted by Crippen LogP contribution is -2.42. The average molecular weight is 280 g/mol. The van der Waals surface area contributed by atoms with Crippen LogP contribution in [0.15, 0.2) is 30.3 Å². The lowest BCUT2D eigenvalue weighted by molar-refractivity contribution is -0.131. The molecule has 0 spiro atoms. The zero-order chi connectivity index (χ0) is 14.4. The molecule has 3 atom stereocenters. The minimum Gasteiger partial charge on any atom is -0.396 e. The van der Waals surface area contributed by atoms with Gasteiger partial charge in [-0.1, -0.05) is 30.3 Å². The van der Waals surface area contributed by atoms with Crippen LogP contribution in [0.5, 0.6) is 0 Å². The second kappa shape index (κ2) is 7.18. The summed E-state index contributed by atoms with van der Waals surface area (Å²) in [5.41, 5.74) is 0.534. The van der Waals surface area contributed by atoms with Gasteiger partial charge in [-0.2, -0.15) is 0 Å². The Hall–Kier alpha value is -0.940. The lowest BCUT2D eigenvalue weighted by Gasteiger charge is -2.30. The molecular weight excluding hydrogens is 256 g/mol. The van der Waals surface area contributed by atoms with Gasteiger partial charge in [0.15, 0.2) is 0 Å². The molecule has 0 bridgehead atoms. The Balaban J connectivity index is 1.75. The quantitative estimate of drug-likeness (QED) is 0.800. The predicted molar refractivity (Wildman–Crippen MR) is 76.3 cm³/mol. The maximum atomic E-state index is 10.3. The minimum atomic E-state index is -0.644. The fraction of sp³-hybridized carbons (Fsp3) is 0.625. The van der Waals surface area contributed by atoms with Gasteiger partial charge in [0.2, 0.25) is 0 Å². The number of benzene rings is 1. The molecule has 1 aliphatic rings. The SMILES string of the molecule is C[C@]1([C@@H](O)COCc2ccccc2)CC[C@@H](CCO)O1. The van der Waals surface area contributed by atoms with Crippen molar-refractivity contribution in [2.24, 2.45) is 0 Å². The number of hydrogen-bond donors (Lipinski definition) is 2. The minimum absolute atomic E-state index is 0.0498. The summed E-state index contributed by atoms with van der Waals surface area (Å²) in [6, 6.07) is 9.90. The molecule has 1 aliphatic heterocycles. The molecule has 1 saturated heterocycles. The highest BCUT2D eigenvalue weighted by Gasteiger charge is 2.41. The molecule has 1 aromatic carbocycles. The lowest BCUT2D eigenvalue weighted by atomic mass is 9.95. The van der Waals surface area contributed by atoms with Crippen LogP contribution in [0, 0.1) is 0 Å². The van der Waals surface area contributed by atoms with Crippen LogP contribution in [-0.4, -0.2) is 41.2 Å². The monoisotopic (exact) mass is 280 g/mol. The second-order valence-corrected chi connectivity index (χ2v) is 5.62. The number of rotatable bonds is 7. The second-order valence-electron chi connectivity index (χ2n) is 5.62. The van der Waals surface area contributed by atoms with Crippen LogP contribution in [0.3, 0.4) is 0 Å². The molecule has 1 heterocycles. The van der Waals surface area contributed by atoms with E-state index in [1.54, 1.807) is 0 Å². The van der Waals surface area contributed by atoms with Crippen molar-refractivity contribution in [3.05, 3.63) is 35.9 Å². The Morgan fingerprint density at radius 3 is 2.85 bits per heavy atom. The van der Waals surface area contributed by atoms with Gasteiger partial charge in [-0.25, -0.2) is 0 Å². The summed E-state index contributed by atoms with van der Waals surface area (Å²) in [6.07, 6.45) is 1.72. The molecule has 0 amide bonds. The molecule has 0 aliphatic carbocycles. The van der Waals surface area contributed by atoms with Gasteiger partial charge in [-0.15, -0.1) is 0 Å². The number of aliphatic hydroxyl groups excluding tert-OH is 2. The van der Waals surface area contributed by atoms with E-state index in [0.29, 0.717) is 13.0 Å². The standard InChI is InChI=1S/C16H24O4/c1-16(9-7-14(20-16)8-10-17)15(18)12-19-11-13-5-3-2-4-6-13/h2-6,14-15,17-18H,7-12H2,1H3/t14-,15-,16+/m0/s1. The van der Waals surface area contributed by atoms with Crippen LogP contribution in [0.25, 0.3) is 0 Å². The fourth-order valence-electron chi connectivity index (χ4n) is 2.58. The van der Waals surface area contributed by atoms with Gasteiger partial charge in [0.05, 0.1) is 24.9 Å². The van der Waals surface area contributed by atoms with Gasteiger partial charge >= 0.3 is 0 Å². The third-order valence-corrected chi connectivity index (χ3v) is 3.94. The largest absolute Gasteiger partial charge is 0.396 e. The number of ether oxygens (including phenoxy) is 2. The van der Waals surface area contributed by atoms with Crippen LogP contribution in [0.1, 0.15) is 31.7 Å². The number of aliphatic hydroxyl groups is 2. The predicted octanol–water partition coefficient (Wildman–Crippen LogP) is 1.88. The summed E-state index contributed by atoms with van der Waals surface area (Å²) in [5.74, 6) is 0. The van der Waals surface area contributed by atoms with E-state index in [2.05, 4.69) is 0 Å². The van der Waals surface area contributed by atoms with Crippen LogP contribution >= 0.6 is 0 Å². The Morgan fingerprint density at radius 2 is 2.15 bits per heavy atom. The highest BCUT2D eigenvalue weighted by atomic mass is 16.5. The van der Waals surface area contributed by atoms with Crippen molar-refractivity contribution in [2.75, 3.05) is 13.2 Å². The van der Waals surface area contributed by atoms with Crippen molar-refractivity contribution in [3.8, 4) is 0 Å². The summed E-state index contributed by atoms with van der Waals surface area (Å²) in [7, 11) is 0. The van der Waals surface area contributed by atoms with Crippen LogP contribution in [0.4, 0.5) is 0 Å². The maximum absolute atomic E-state index is 10.3. The van der Waals surface area contributed by atoms with Crippen LogP contribution < -0.4 is 0 Å². The van der Waals surface area contributed by atoms with E-state index in [1.165, 1.54) is 0 Å². The molecule has 0 aromatic heterocycles. The van der Waals surface area contributed by atoms with Gasteiger partial charge < -0.3 is 19.7 Å². The molecule has 0 radical (unpaired) electrons. The molecule has 1 aromatic rings. The van der Waals surface area contributed by atoms with E-state index in [0.717, 1.165) is 18.4 Å². The summed E-state index contributed by atoms with van der Waals surface area (Å²) in [4.78, 5) is 0. The van der Waals surface area contributed by atoms with E-state index >= 15 is 0 Å². The first-order chi connectivity index (χ1) is 9.64. The van der Waals surface area contributed by atoms with E-state index < -0.39 is 11.7 Å². The number of hydrogen-bond acceptors (Lipinski definition) is 4. The van der Waals surface area contributed by atoms with Gasteiger partial charge in [-0.05, 0) is 31.7 Å². The van der Waals surface area contributed by atoms with Gasteiger partial charge in [-0.3, -0.25) is 0 Å². The van der Waals surface area contributed by atoms with E-state index in [4.69, 9.17) is 14.6 Å². The van der Waals surface area contributed by atoms with Crippen molar-refractivity contribution in [3.63, 3.8) is 0 Å². The molecule has 2 rings (SSSR count). The van der Waals surface area contributed by atoms with Gasteiger partial charge in [0.1, 0.15) is 6.10 Å². The molecule has 0 saturated carbocycles. The topological polar surface area (TPSA) is 58.9 Å². The Morgan fingerprint density at radius 1 is 1.40 bits per heavy atom. The molecular formula is C16H24O4. The average Bonchev–Trinajstić information content (AvgIpc) is 2.83. The highest BCUT2D eigenvalue weighted by molar-refractivity contribution is 5.13. The first-order valence-electron chi connectivity index (χ1n) is 7.22. The summed E-state index contributed by atoms with van der Waals surface area (Å²) in [6.45, 7) is 2.80. The van der Waals surface area contributed by atoms with Crippen molar-refractivity contribution in [1.82, 2.24) is 0 Å². The third kappa shape index (κ3) is 4.03. The molecule has 4 heteroatoms. The first-order valence-corrected chi connectivity index (χ1v) is 7.22. The molecule has 4 nitrogen and oxygen atoms in total. The van der Waals surface area contributed by atoms with E-state index in [-0.39, 0.29) is 19.3 Å². The Kier molecular flexibility index (Phi) is 5.54. The van der Waals surface area contributed by atoms with Crippen LogP contribution in [-0.2, 0) is 16.1 Å². The zero-order valence-corrected chi connectivity index (χ0v) is 12.0. The Labute approximate surface area is 120 Å². The van der Waals surface area contributed by atoms with Crippen molar-refractivity contribution in [2.45, 2.75) is 50.6 Å². The van der Waals surface area contributed by atoms with Gasteiger partial charge in [0, 0.05) is 6.61 Å². The third-order valence-electron chi connectivity index (χ3n) is 3.94. The molecule has 1 fully saturated rings. The zero-order valence-electron chi connectivity index (χ0n) is 12.0. The summed E-state index contributed by atoms with van der Waals surface area (Å²) >= 11 is 0. The molecule has 20 heavy (non-hydrogen) atoms. The summed E-state index contributed by atoms with van der Waals surface area (Å²) in [5, 5.41) is 19.2. The van der Waals surface area contributed by atoms with E-state index in [9.17, 15) is 5.11 Å². The maximum Gasteiger partial charge on any atom is 0.106 e. The van der Waals surface area contributed by atoms with Crippen LogP contribution in [0.2, 0.25) is 0 Å². The molecule has 2 N–H and O–H groups in total. The smallest absolute Gasteiger partial charge is 0.106 e. The van der Waals surface area contributed by atoms with Crippen molar-refractivity contribution in [1.29, 1.82) is 0 Å². The normalized spacial score (nSPS) is 27.6. The van der Waals surface area contributed by atoms with Crippen molar-refractivity contribution < 1.29 is 19.7 Å².